The summed E-state index contributed by atoms with van der Waals surface area (Å²) in [6.45, 7) is 6.58. The van der Waals surface area contributed by atoms with Crippen molar-refractivity contribution in [3.8, 4) is 0 Å². The second-order valence-electron chi connectivity index (χ2n) is 8.47. The van der Waals surface area contributed by atoms with Crippen molar-refractivity contribution in [2.45, 2.75) is 32.7 Å². The lowest BCUT2D eigenvalue weighted by Crippen LogP contribution is -2.42. The van der Waals surface area contributed by atoms with Crippen LogP contribution in [0.15, 0.2) is 30.6 Å². The third-order valence-electron chi connectivity index (χ3n) is 6.00. The number of amides is 1. The number of carbonyl (C=O) groups excluding carboxylic acids is 1. The lowest BCUT2D eigenvalue weighted by atomic mass is 10.0. The number of aryl methyl sites for hydroxylation is 1. The zero-order valence-electron chi connectivity index (χ0n) is 19.2. The first-order valence-electron chi connectivity index (χ1n) is 11.1. The monoisotopic (exact) mass is 454 g/mol. The molecule has 3 heterocycles. The molecule has 1 aliphatic heterocycles. The molecule has 1 aliphatic rings. The van der Waals surface area contributed by atoms with Crippen LogP contribution in [0.3, 0.4) is 0 Å². The van der Waals surface area contributed by atoms with Crippen LogP contribution in [0.4, 0.5) is 27.1 Å². The molecule has 33 heavy (non-hydrogen) atoms. The topological polar surface area (TPSA) is 117 Å². The predicted molar refractivity (Wildman–Crippen MR) is 130 cm³/mol. The van der Waals surface area contributed by atoms with Crippen LogP contribution in [0, 0.1) is 12.7 Å². The van der Waals surface area contributed by atoms with Gasteiger partial charge in [0, 0.05) is 44.6 Å². The lowest BCUT2D eigenvalue weighted by molar-refractivity contribution is 0.102. The summed E-state index contributed by atoms with van der Waals surface area (Å²) < 4.78 is 16.0. The Kier molecular flexibility index (Phi) is 6.39. The van der Waals surface area contributed by atoms with Gasteiger partial charge in [-0.25, -0.2) is 15.2 Å². The van der Waals surface area contributed by atoms with Crippen LogP contribution < -0.4 is 32.1 Å². The number of imidazole rings is 1. The van der Waals surface area contributed by atoms with E-state index in [2.05, 4.69) is 27.4 Å². The maximum absolute atomic E-state index is 14.4. The van der Waals surface area contributed by atoms with Crippen molar-refractivity contribution in [2.75, 3.05) is 47.6 Å². The number of fused-ring (bicyclic) bond motifs is 1. The van der Waals surface area contributed by atoms with Gasteiger partial charge in [-0.1, -0.05) is 6.92 Å². The average Bonchev–Trinajstić information content (AvgIpc) is 3.15. The minimum absolute atomic E-state index is 0.208. The minimum Gasteiger partial charge on any atom is -0.395 e. The van der Waals surface area contributed by atoms with Crippen molar-refractivity contribution in [1.82, 2.24) is 14.7 Å². The Labute approximate surface area is 192 Å². The number of hydrogen-bond donors (Lipinski definition) is 4. The molecule has 0 bridgehead atoms. The molecule has 0 atom stereocenters. The normalized spacial score (nSPS) is 14.6. The van der Waals surface area contributed by atoms with E-state index in [-0.39, 0.29) is 5.65 Å². The quantitative estimate of drug-likeness (QED) is 0.257. The van der Waals surface area contributed by atoms with Gasteiger partial charge in [-0.15, -0.1) is 0 Å². The zero-order valence-corrected chi connectivity index (χ0v) is 19.2. The molecule has 0 aliphatic carbocycles. The highest BCUT2D eigenvalue weighted by Crippen LogP contribution is 2.36. The zero-order chi connectivity index (χ0) is 23.7. The Balaban J connectivity index is 1.60. The summed E-state index contributed by atoms with van der Waals surface area (Å²) in [5, 5.41) is 7.60. The number of nitrogens with one attached hydrogen (secondary N) is 2. The van der Waals surface area contributed by atoms with Crippen LogP contribution in [-0.4, -0.2) is 48.0 Å². The largest absolute Gasteiger partial charge is 0.395 e. The Bertz CT molecular complexity index is 1170. The Hall–Kier alpha value is -3.37. The van der Waals surface area contributed by atoms with E-state index in [0.717, 1.165) is 38.2 Å². The Morgan fingerprint density at radius 1 is 1.30 bits per heavy atom. The Morgan fingerprint density at radius 2 is 2.03 bits per heavy atom. The highest BCUT2D eigenvalue weighted by atomic mass is 19.1. The van der Waals surface area contributed by atoms with E-state index >= 15 is 0 Å². The van der Waals surface area contributed by atoms with Gasteiger partial charge in [-0.3, -0.25) is 4.79 Å². The first-order valence-corrected chi connectivity index (χ1v) is 11.1. The summed E-state index contributed by atoms with van der Waals surface area (Å²) in [6, 6.07) is 5.32. The molecule has 1 amide bonds. The van der Waals surface area contributed by atoms with Crippen molar-refractivity contribution < 1.29 is 9.18 Å². The fourth-order valence-corrected chi connectivity index (χ4v) is 4.50. The van der Waals surface area contributed by atoms with Gasteiger partial charge < -0.3 is 30.7 Å². The molecule has 6 N–H and O–H groups in total. The van der Waals surface area contributed by atoms with E-state index in [1.807, 2.05) is 6.07 Å². The second-order valence-corrected chi connectivity index (χ2v) is 8.47. The maximum atomic E-state index is 14.4. The number of halogens is 1. The van der Waals surface area contributed by atoms with Crippen LogP contribution in [-0.2, 0) is 0 Å². The smallest absolute Gasteiger partial charge is 0.257 e. The number of nitrogens with zero attached hydrogens (tertiary/aromatic N) is 4. The second kappa shape index (κ2) is 9.24. The van der Waals surface area contributed by atoms with Crippen molar-refractivity contribution in [3.05, 3.63) is 47.7 Å². The molecule has 3 aromatic rings. The standard InChI is InChI=1S/C23H31FN8O/c1-4-27-15-7-9-31(10-8-15)19-6-5-17(21(20(19)25)30(3)26)23(33)29-16-11-18(24)22-28-14(2)12-32(22)13-16/h5-6,11-13,15,27H,4,7-10,25-26H2,1-3H3,(H,29,33). The number of anilines is 4. The highest BCUT2D eigenvalue weighted by Gasteiger charge is 2.25. The summed E-state index contributed by atoms with van der Waals surface area (Å²) in [4.78, 5) is 19.5. The summed E-state index contributed by atoms with van der Waals surface area (Å²) in [5.74, 6) is 5.13. The average molecular weight is 455 g/mol. The number of hydrazine groups is 1. The molecule has 0 radical (unpaired) electrons. The van der Waals surface area contributed by atoms with Crippen LogP contribution in [0.2, 0.25) is 0 Å². The molecule has 1 fully saturated rings. The molecule has 176 valence electrons. The van der Waals surface area contributed by atoms with E-state index in [1.165, 1.54) is 11.1 Å². The number of nitrogens with two attached hydrogens (primary N) is 2. The van der Waals surface area contributed by atoms with Crippen LogP contribution >= 0.6 is 0 Å². The van der Waals surface area contributed by atoms with Crippen LogP contribution in [0.5, 0.6) is 0 Å². The molecular formula is C23H31FN8O. The summed E-state index contributed by atoms with van der Waals surface area (Å²) >= 11 is 0. The molecule has 1 aromatic carbocycles. The molecule has 0 unspecified atom stereocenters. The van der Waals surface area contributed by atoms with Gasteiger partial charge in [-0.2, -0.15) is 0 Å². The van der Waals surface area contributed by atoms with Crippen LogP contribution in [0.1, 0.15) is 35.8 Å². The fourth-order valence-electron chi connectivity index (χ4n) is 4.50. The van der Waals surface area contributed by atoms with E-state index in [1.54, 1.807) is 36.8 Å². The molecule has 0 spiro atoms. The molecular weight excluding hydrogens is 423 g/mol. The number of rotatable bonds is 6. The Morgan fingerprint density at radius 3 is 2.70 bits per heavy atom. The number of benzene rings is 1. The number of piperidine rings is 1. The number of carbonyl (C=O) groups is 1. The highest BCUT2D eigenvalue weighted by molar-refractivity contribution is 6.11. The first kappa shape index (κ1) is 22.8. The SMILES string of the molecule is CCNC1CCN(c2ccc(C(=O)Nc3cc(F)c4nc(C)cn4c3)c(N(C)N)c2N)CC1. The van der Waals surface area contributed by atoms with Crippen molar-refractivity contribution in [1.29, 1.82) is 0 Å². The van der Waals surface area contributed by atoms with E-state index in [9.17, 15) is 9.18 Å². The number of pyridine rings is 1. The third-order valence-corrected chi connectivity index (χ3v) is 6.00. The van der Waals surface area contributed by atoms with E-state index in [4.69, 9.17) is 11.6 Å². The summed E-state index contributed by atoms with van der Waals surface area (Å²) in [7, 11) is 1.64. The van der Waals surface area contributed by atoms with Gasteiger partial charge in [0.25, 0.3) is 5.91 Å². The lowest BCUT2D eigenvalue weighted by Gasteiger charge is -2.35. The molecule has 0 saturated carbocycles. The van der Waals surface area contributed by atoms with Crippen molar-refractivity contribution >= 4 is 34.3 Å². The molecule has 10 heteroatoms. The number of nitrogen functional groups attached to an aromatic ring is 1. The van der Waals surface area contributed by atoms with Gasteiger partial charge in [0.2, 0.25) is 0 Å². The van der Waals surface area contributed by atoms with Gasteiger partial charge in [0.05, 0.1) is 34.0 Å². The van der Waals surface area contributed by atoms with Gasteiger partial charge in [-0.05, 0) is 38.4 Å². The fraction of sp³-hybridized carbons (Fsp3) is 0.391. The first-order chi connectivity index (χ1) is 15.8. The van der Waals surface area contributed by atoms with Gasteiger partial charge in [0.1, 0.15) is 0 Å². The number of hydrogen-bond acceptors (Lipinski definition) is 7. The summed E-state index contributed by atoms with van der Waals surface area (Å²) in [5.41, 5.74) is 9.75. The summed E-state index contributed by atoms with van der Waals surface area (Å²) in [6.07, 6.45) is 5.35. The molecule has 4 rings (SSSR count). The van der Waals surface area contributed by atoms with Gasteiger partial charge in [0.15, 0.2) is 11.5 Å². The van der Waals surface area contributed by atoms with E-state index < -0.39 is 11.7 Å². The maximum Gasteiger partial charge on any atom is 0.257 e. The van der Waals surface area contributed by atoms with Gasteiger partial charge >= 0.3 is 0 Å². The van der Waals surface area contributed by atoms with Crippen LogP contribution in [0.25, 0.3) is 5.65 Å². The molecule has 9 nitrogen and oxygen atoms in total. The number of aromatic nitrogens is 2. The van der Waals surface area contributed by atoms with E-state index in [0.29, 0.717) is 34.4 Å². The molecule has 2 aromatic heterocycles. The van der Waals surface area contributed by atoms with Crippen molar-refractivity contribution in [3.63, 3.8) is 0 Å². The molecule has 1 saturated heterocycles. The van der Waals surface area contributed by atoms with Crippen molar-refractivity contribution in [2.24, 2.45) is 5.84 Å². The minimum atomic E-state index is -0.520. The predicted octanol–water partition coefficient (Wildman–Crippen LogP) is 2.50. The third kappa shape index (κ3) is 4.57.